The number of amides is 2. The highest BCUT2D eigenvalue weighted by Gasteiger charge is 2.35. The third-order valence-corrected chi connectivity index (χ3v) is 7.10. The van der Waals surface area contributed by atoms with Gasteiger partial charge in [0.1, 0.15) is 11.8 Å². The molecule has 1 aliphatic rings. The zero-order valence-corrected chi connectivity index (χ0v) is 20.1. The molecule has 1 aromatic heterocycles. The number of hydrogen-bond acceptors (Lipinski definition) is 4. The number of benzene rings is 2. The summed E-state index contributed by atoms with van der Waals surface area (Å²) in [6.07, 6.45) is 4.28. The number of carbonyl (C=O) groups is 2. The third kappa shape index (κ3) is 5.57. The van der Waals surface area contributed by atoms with Crippen LogP contribution in [0.4, 0.5) is 5.69 Å². The maximum Gasteiger partial charge on any atom is 0.248 e. The normalized spacial score (nSPS) is 14.6. The van der Waals surface area contributed by atoms with Gasteiger partial charge in [0.05, 0.1) is 24.2 Å². The fourth-order valence-corrected chi connectivity index (χ4v) is 5.21. The van der Waals surface area contributed by atoms with Gasteiger partial charge in [-0.2, -0.15) is 0 Å². The predicted molar refractivity (Wildman–Crippen MR) is 133 cm³/mol. The van der Waals surface area contributed by atoms with Crippen molar-refractivity contribution in [3.63, 3.8) is 0 Å². The van der Waals surface area contributed by atoms with Crippen LogP contribution in [0.2, 0.25) is 5.02 Å². The average molecular weight is 483 g/mol. The summed E-state index contributed by atoms with van der Waals surface area (Å²) in [6, 6.07) is 17.5. The van der Waals surface area contributed by atoms with E-state index in [2.05, 4.69) is 5.32 Å². The summed E-state index contributed by atoms with van der Waals surface area (Å²) < 4.78 is 5.41. The zero-order valence-electron chi connectivity index (χ0n) is 18.5. The number of para-hydroxylation sites is 1. The summed E-state index contributed by atoms with van der Waals surface area (Å²) in [4.78, 5) is 30.0. The topological polar surface area (TPSA) is 58.6 Å². The average Bonchev–Trinajstić information content (AvgIpc) is 3.52. The van der Waals surface area contributed by atoms with E-state index < -0.39 is 6.04 Å². The molecule has 4 rings (SSSR count). The van der Waals surface area contributed by atoms with Gasteiger partial charge in [-0.3, -0.25) is 14.5 Å². The van der Waals surface area contributed by atoms with E-state index in [-0.39, 0.29) is 24.3 Å². The smallest absolute Gasteiger partial charge is 0.248 e. The molecule has 1 fully saturated rings. The van der Waals surface area contributed by atoms with Gasteiger partial charge < -0.3 is 10.1 Å². The highest BCUT2D eigenvalue weighted by Crippen LogP contribution is 2.35. The molecule has 1 heterocycles. The predicted octanol–water partition coefficient (Wildman–Crippen LogP) is 5.79. The van der Waals surface area contributed by atoms with E-state index in [9.17, 15) is 9.59 Å². The molecule has 0 aliphatic heterocycles. The largest absolute Gasteiger partial charge is 0.497 e. The first kappa shape index (κ1) is 23.3. The molecule has 0 bridgehead atoms. The molecule has 3 aromatic rings. The van der Waals surface area contributed by atoms with Gasteiger partial charge in [-0.25, -0.2) is 0 Å². The Hall–Kier alpha value is -2.83. The van der Waals surface area contributed by atoms with Crippen molar-refractivity contribution in [1.82, 2.24) is 5.32 Å². The van der Waals surface area contributed by atoms with Gasteiger partial charge in [-0.1, -0.05) is 54.8 Å². The molecule has 0 radical (unpaired) electrons. The number of anilines is 1. The SMILES string of the molecule is COc1cccc(C(C(=O)NC2CCCC2)N(C(=O)Cc2cccs2)c2ccccc2Cl)c1. The lowest BCUT2D eigenvalue weighted by Gasteiger charge is -2.33. The van der Waals surface area contributed by atoms with Crippen molar-refractivity contribution in [2.45, 2.75) is 44.2 Å². The number of nitrogens with one attached hydrogen (secondary N) is 1. The van der Waals surface area contributed by atoms with Crippen molar-refractivity contribution in [3.05, 3.63) is 81.5 Å². The van der Waals surface area contributed by atoms with Crippen LogP contribution in [0, 0.1) is 0 Å². The quantitative estimate of drug-likeness (QED) is 0.442. The van der Waals surface area contributed by atoms with E-state index in [1.807, 2.05) is 47.8 Å². The Bertz CT molecular complexity index is 1100. The van der Waals surface area contributed by atoms with Gasteiger partial charge in [0.15, 0.2) is 0 Å². The molecular formula is C26H27ClN2O3S. The first-order chi connectivity index (χ1) is 16.1. The highest BCUT2D eigenvalue weighted by molar-refractivity contribution is 7.10. The van der Waals surface area contributed by atoms with Crippen molar-refractivity contribution in [2.24, 2.45) is 0 Å². The molecule has 2 amide bonds. The molecule has 1 aliphatic carbocycles. The lowest BCUT2D eigenvalue weighted by molar-refractivity contribution is -0.127. The van der Waals surface area contributed by atoms with Gasteiger partial charge in [-0.15, -0.1) is 11.3 Å². The van der Waals surface area contributed by atoms with Crippen LogP contribution in [0.15, 0.2) is 66.0 Å². The number of thiophene rings is 1. The Morgan fingerprint density at radius 3 is 2.61 bits per heavy atom. The first-order valence-electron chi connectivity index (χ1n) is 11.1. The number of ether oxygens (including phenoxy) is 1. The van der Waals surface area contributed by atoms with E-state index in [0.29, 0.717) is 22.0 Å². The number of nitrogens with zero attached hydrogens (tertiary/aromatic N) is 1. The van der Waals surface area contributed by atoms with E-state index in [0.717, 1.165) is 30.6 Å². The second kappa shape index (κ2) is 10.9. The van der Waals surface area contributed by atoms with Gasteiger partial charge >= 0.3 is 0 Å². The summed E-state index contributed by atoms with van der Waals surface area (Å²) in [5.41, 5.74) is 1.18. The second-order valence-electron chi connectivity index (χ2n) is 8.14. The van der Waals surface area contributed by atoms with Gasteiger partial charge in [0, 0.05) is 10.9 Å². The van der Waals surface area contributed by atoms with Crippen molar-refractivity contribution in [2.75, 3.05) is 12.0 Å². The van der Waals surface area contributed by atoms with Gasteiger partial charge in [-0.05, 0) is 54.1 Å². The van der Waals surface area contributed by atoms with Crippen LogP contribution in [0.25, 0.3) is 0 Å². The molecule has 1 N–H and O–H groups in total. The fraction of sp³-hybridized carbons (Fsp3) is 0.308. The highest BCUT2D eigenvalue weighted by atomic mass is 35.5. The van der Waals surface area contributed by atoms with Crippen LogP contribution in [0.3, 0.4) is 0 Å². The number of methoxy groups -OCH3 is 1. The zero-order chi connectivity index (χ0) is 23.2. The Labute approximate surface area is 203 Å². The fourth-order valence-electron chi connectivity index (χ4n) is 4.29. The summed E-state index contributed by atoms with van der Waals surface area (Å²) in [5.74, 6) is 0.213. The van der Waals surface area contributed by atoms with Crippen molar-refractivity contribution in [1.29, 1.82) is 0 Å². The summed E-state index contributed by atoms with van der Waals surface area (Å²) in [6.45, 7) is 0. The second-order valence-corrected chi connectivity index (χ2v) is 9.58. The minimum Gasteiger partial charge on any atom is -0.497 e. The van der Waals surface area contributed by atoms with Crippen molar-refractivity contribution in [3.8, 4) is 5.75 Å². The van der Waals surface area contributed by atoms with Crippen LogP contribution < -0.4 is 15.0 Å². The molecule has 2 aromatic carbocycles. The first-order valence-corrected chi connectivity index (χ1v) is 12.4. The molecule has 172 valence electrons. The molecule has 1 atom stereocenters. The minimum absolute atomic E-state index is 0.117. The summed E-state index contributed by atoms with van der Waals surface area (Å²) in [5, 5.41) is 5.54. The van der Waals surface area contributed by atoms with E-state index in [1.165, 1.54) is 11.3 Å². The summed E-state index contributed by atoms with van der Waals surface area (Å²) in [7, 11) is 1.58. The maximum atomic E-state index is 13.7. The lowest BCUT2D eigenvalue weighted by Crippen LogP contribution is -2.47. The molecular weight excluding hydrogens is 456 g/mol. The summed E-state index contributed by atoms with van der Waals surface area (Å²) >= 11 is 8.08. The lowest BCUT2D eigenvalue weighted by atomic mass is 10.0. The molecule has 33 heavy (non-hydrogen) atoms. The van der Waals surface area contributed by atoms with Crippen LogP contribution in [-0.4, -0.2) is 25.0 Å². The van der Waals surface area contributed by atoms with E-state index in [4.69, 9.17) is 16.3 Å². The van der Waals surface area contributed by atoms with Gasteiger partial charge in [0.2, 0.25) is 11.8 Å². The van der Waals surface area contributed by atoms with Crippen LogP contribution in [-0.2, 0) is 16.0 Å². The third-order valence-electron chi connectivity index (χ3n) is 5.90. The molecule has 1 saturated carbocycles. The van der Waals surface area contributed by atoms with Crippen molar-refractivity contribution >= 4 is 40.4 Å². The molecule has 1 unspecified atom stereocenters. The number of halogens is 1. The number of rotatable bonds is 8. The maximum absolute atomic E-state index is 13.7. The Morgan fingerprint density at radius 2 is 1.91 bits per heavy atom. The number of hydrogen-bond donors (Lipinski definition) is 1. The van der Waals surface area contributed by atoms with E-state index >= 15 is 0 Å². The van der Waals surface area contributed by atoms with Crippen LogP contribution in [0.1, 0.15) is 42.2 Å². The Balaban J connectivity index is 1.79. The molecule has 7 heteroatoms. The number of carbonyl (C=O) groups excluding carboxylic acids is 2. The standard InChI is InChI=1S/C26H27ClN2O3S/c1-32-20-11-6-8-18(16-20)25(26(31)28-19-9-2-3-10-19)29(23-14-5-4-13-22(23)27)24(30)17-21-12-7-15-33-21/h4-8,11-16,19,25H,2-3,9-10,17H2,1H3,(H,28,31). The molecule has 0 saturated heterocycles. The van der Waals surface area contributed by atoms with Crippen molar-refractivity contribution < 1.29 is 14.3 Å². The van der Waals surface area contributed by atoms with Gasteiger partial charge in [0.25, 0.3) is 0 Å². The van der Waals surface area contributed by atoms with Crippen LogP contribution in [0.5, 0.6) is 5.75 Å². The molecule has 0 spiro atoms. The monoisotopic (exact) mass is 482 g/mol. The minimum atomic E-state index is -0.881. The van der Waals surface area contributed by atoms with E-state index in [1.54, 1.807) is 30.2 Å². The van der Waals surface area contributed by atoms with Crippen LogP contribution >= 0.6 is 22.9 Å². The molecule has 5 nitrogen and oxygen atoms in total. The Kier molecular flexibility index (Phi) is 7.68. The Morgan fingerprint density at radius 1 is 1.12 bits per heavy atom.